The number of aliphatic imine (C=N–C) groups is 1. The highest BCUT2D eigenvalue weighted by atomic mass is 16.3. The van der Waals surface area contributed by atoms with Crippen LogP contribution in [0.15, 0.2) is 59.6 Å². The first kappa shape index (κ1) is 13.2. The van der Waals surface area contributed by atoms with Crippen LogP contribution >= 0.6 is 0 Å². The lowest BCUT2D eigenvalue weighted by atomic mass is 10.1. The summed E-state index contributed by atoms with van der Waals surface area (Å²) in [5.74, 6) is 0.235. The van der Waals surface area contributed by atoms with Gasteiger partial charge in [-0.3, -0.25) is 4.99 Å². The molecular weight excluding hydrogens is 260 g/mol. The van der Waals surface area contributed by atoms with E-state index in [2.05, 4.69) is 4.99 Å². The lowest BCUT2D eigenvalue weighted by Crippen LogP contribution is -1.87. The fourth-order valence-corrected chi connectivity index (χ4v) is 2.32. The number of rotatable bonds is 2. The summed E-state index contributed by atoms with van der Waals surface area (Å²) < 4.78 is 0. The zero-order chi connectivity index (χ0) is 14.8. The molecule has 0 aromatic heterocycles. The van der Waals surface area contributed by atoms with Gasteiger partial charge in [0.05, 0.1) is 5.69 Å². The van der Waals surface area contributed by atoms with Gasteiger partial charge in [-0.25, -0.2) is 0 Å². The lowest BCUT2D eigenvalue weighted by Gasteiger charge is -2.05. The maximum atomic E-state index is 9.92. The van der Waals surface area contributed by atoms with Crippen molar-refractivity contribution in [3.05, 3.63) is 65.7 Å². The molecule has 0 aliphatic rings. The number of hydrogen-bond acceptors (Lipinski definition) is 3. The monoisotopic (exact) mass is 276 g/mol. The quantitative estimate of drug-likeness (QED) is 0.544. The molecule has 0 aliphatic carbocycles. The molecule has 0 saturated carbocycles. The van der Waals surface area contributed by atoms with Crippen molar-refractivity contribution < 1.29 is 5.11 Å². The zero-order valence-electron chi connectivity index (χ0n) is 11.7. The minimum atomic E-state index is 0.235. The molecule has 3 heteroatoms. The number of phenolic OH excluding ortho intramolecular Hbond substituents is 1. The molecule has 3 rings (SSSR count). The summed E-state index contributed by atoms with van der Waals surface area (Å²) >= 11 is 0. The molecule has 3 nitrogen and oxygen atoms in total. The Balaban J connectivity index is 2.06. The molecule has 3 aromatic carbocycles. The molecule has 0 atom stereocenters. The number of aryl methyl sites for hydroxylation is 1. The van der Waals surface area contributed by atoms with Gasteiger partial charge in [0.2, 0.25) is 0 Å². The van der Waals surface area contributed by atoms with E-state index in [-0.39, 0.29) is 5.75 Å². The first-order chi connectivity index (χ1) is 10.1. The third-order valence-corrected chi connectivity index (χ3v) is 3.46. The van der Waals surface area contributed by atoms with E-state index in [0.29, 0.717) is 5.56 Å². The summed E-state index contributed by atoms with van der Waals surface area (Å²) in [6, 6.07) is 17.2. The predicted octanol–water partition coefficient (Wildman–Crippen LogP) is 4.19. The van der Waals surface area contributed by atoms with Crippen molar-refractivity contribution in [2.75, 3.05) is 5.73 Å². The Morgan fingerprint density at radius 2 is 1.76 bits per heavy atom. The van der Waals surface area contributed by atoms with Gasteiger partial charge < -0.3 is 10.8 Å². The molecule has 0 saturated heterocycles. The number of aromatic hydroxyl groups is 1. The summed E-state index contributed by atoms with van der Waals surface area (Å²) in [5, 5.41) is 11.9. The van der Waals surface area contributed by atoms with Crippen molar-refractivity contribution in [1.82, 2.24) is 0 Å². The topological polar surface area (TPSA) is 58.6 Å². The van der Waals surface area contributed by atoms with E-state index >= 15 is 0 Å². The van der Waals surface area contributed by atoms with E-state index in [1.165, 1.54) is 0 Å². The van der Waals surface area contributed by atoms with Crippen LogP contribution in [0.1, 0.15) is 11.1 Å². The second-order valence-electron chi connectivity index (χ2n) is 5.04. The van der Waals surface area contributed by atoms with Crippen molar-refractivity contribution in [3.63, 3.8) is 0 Å². The summed E-state index contributed by atoms with van der Waals surface area (Å²) in [7, 11) is 0. The molecule has 0 aliphatic heterocycles. The van der Waals surface area contributed by atoms with Gasteiger partial charge in [0.15, 0.2) is 0 Å². The highest BCUT2D eigenvalue weighted by Gasteiger charge is 2.03. The van der Waals surface area contributed by atoms with Crippen LogP contribution in [0.4, 0.5) is 11.4 Å². The Morgan fingerprint density at radius 3 is 2.52 bits per heavy atom. The SMILES string of the molecule is Cc1ccc(C=Nc2ccc(N)c3ccccc23)c(O)c1. The number of nitrogen functional groups attached to an aromatic ring is 1. The summed E-state index contributed by atoms with van der Waals surface area (Å²) in [4.78, 5) is 4.50. The maximum Gasteiger partial charge on any atom is 0.124 e. The van der Waals surface area contributed by atoms with Gasteiger partial charge in [-0.1, -0.05) is 30.3 Å². The molecule has 3 N–H and O–H groups in total. The summed E-state index contributed by atoms with van der Waals surface area (Å²) in [5.41, 5.74) is 9.27. The number of anilines is 1. The highest BCUT2D eigenvalue weighted by molar-refractivity contribution is 6.01. The predicted molar refractivity (Wildman–Crippen MR) is 88.5 cm³/mol. The molecule has 0 fully saturated rings. The number of hydrogen-bond donors (Lipinski definition) is 2. The van der Waals surface area contributed by atoms with E-state index in [4.69, 9.17) is 5.73 Å². The Kier molecular flexibility index (Phi) is 3.32. The third-order valence-electron chi connectivity index (χ3n) is 3.46. The normalized spacial score (nSPS) is 11.3. The van der Waals surface area contributed by atoms with Crippen molar-refractivity contribution in [2.45, 2.75) is 6.92 Å². The Hall–Kier alpha value is -2.81. The van der Waals surface area contributed by atoms with Crippen LogP contribution in [-0.4, -0.2) is 11.3 Å². The van der Waals surface area contributed by atoms with Crippen molar-refractivity contribution in [2.24, 2.45) is 4.99 Å². The molecule has 0 unspecified atom stereocenters. The molecule has 0 radical (unpaired) electrons. The number of fused-ring (bicyclic) bond motifs is 1. The molecule has 21 heavy (non-hydrogen) atoms. The number of nitrogens with zero attached hydrogens (tertiary/aromatic N) is 1. The minimum absolute atomic E-state index is 0.235. The van der Waals surface area contributed by atoms with Crippen LogP contribution in [-0.2, 0) is 0 Å². The largest absolute Gasteiger partial charge is 0.507 e. The Morgan fingerprint density at radius 1 is 1.00 bits per heavy atom. The first-order valence-electron chi connectivity index (χ1n) is 6.76. The average molecular weight is 276 g/mol. The van der Waals surface area contributed by atoms with Gasteiger partial charge >= 0.3 is 0 Å². The van der Waals surface area contributed by atoms with Crippen LogP contribution in [0, 0.1) is 6.92 Å². The van der Waals surface area contributed by atoms with E-state index in [1.54, 1.807) is 12.3 Å². The van der Waals surface area contributed by atoms with Gasteiger partial charge in [-0.15, -0.1) is 0 Å². The molecule has 104 valence electrons. The average Bonchev–Trinajstić information content (AvgIpc) is 2.48. The van der Waals surface area contributed by atoms with Crippen LogP contribution in [0.2, 0.25) is 0 Å². The van der Waals surface area contributed by atoms with Crippen LogP contribution in [0.3, 0.4) is 0 Å². The number of benzene rings is 3. The van der Waals surface area contributed by atoms with Crippen LogP contribution < -0.4 is 5.73 Å². The maximum absolute atomic E-state index is 9.92. The van der Waals surface area contributed by atoms with Gasteiger partial charge in [0.1, 0.15) is 5.75 Å². The molecule has 0 amide bonds. The van der Waals surface area contributed by atoms with E-state index in [1.807, 2.05) is 55.5 Å². The summed E-state index contributed by atoms with van der Waals surface area (Å²) in [6.45, 7) is 1.94. The molecule has 0 spiro atoms. The molecular formula is C18H16N2O. The standard InChI is InChI=1S/C18H16N2O/c1-12-6-7-13(18(21)10-12)11-20-17-9-8-16(19)14-4-2-3-5-15(14)17/h2-11,21H,19H2,1H3. The Labute approximate surface area is 123 Å². The van der Waals surface area contributed by atoms with Crippen molar-refractivity contribution in [1.29, 1.82) is 0 Å². The zero-order valence-corrected chi connectivity index (χ0v) is 11.7. The highest BCUT2D eigenvalue weighted by Crippen LogP contribution is 2.30. The van der Waals surface area contributed by atoms with Crippen LogP contribution in [0.25, 0.3) is 10.8 Å². The smallest absolute Gasteiger partial charge is 0.124 e. The van der Waals surface area contributed by atoms with Gasteiger partial charge in [-0.2, -0.15) is 0 Å². The molecule has 0 bridgehead atoms. The second-order valence-corrected chi connectivity index (χ2v) is 5.04. The fourth-order valence-electron chi connectivity index (χ4n) is 2.32. The number of nitrogens with two attached hydrogens (primary N) is 1. The fraction of sp³-hybridized carbons (Fsp3) is 0.0556. The molecule has 3 aromatic rings. The summed E-state index contributed by atoms with van der Waals surface area (Å²) in [6.07, 6.45) is 1.67. The van der Waals surface area contributed by atoms with Crippen molar-refractivity contribution in [3.8, 4) is 5.75 Å². The number of phenols is 1. The third kappa shape index (κ3) is 2.58. The second kappa shape index (κ2) is 5.29. The van der Waals surface area contributed by atoms with Gasteiger partial charge in [0.25, 0.3) is 0 Å². The van der Waals surface area contributed by atoms with E-state index < -0.39 is 0 Å². The van der Waals surface area contributed by atoms with Gasteiger partial charge in [0, 0.05) is 28.2 Å². The van der Waals surface area contributed by atoms with Crippen LogP contribution in [0.5, 0.6) is 5.75 Å². The lowest BCUT2D eigenvalue weighted by molar-refractivity contribution is 0.474. The minimum Gasteiger partial charge on any atom is -0.507 e. The molecule has 0 heterocycles. The van der Waals surface area contributed by atoms with E-state index in [9.17, 15) is 5.11 Å². The Bertz CT molecular complexity index is 838. The first-order valence-corrected chi connectivity index (χ1v) is 6.76. The van der Waals surface area contributed by atoms with E-state index in [0.717, 1.165) is 27.7 Å². The van der Waals surface area contributed by atoms with Gasteiger partial charge in [-0.05, 0) is 36.8 Å². The van der Waals surface area contributed by atoms with Crippen molar-refractivity contribution >= 4 is 28.4 Å².